The number of urea groups is 1. The van der Waals surface area contributed by atoms with E-state index in [1.54, 1.807) is 0 Å². The van der Waals surface area contributed by atoms with Crippen molar-refractivity contribution in [3.63, 3.8) is 0 Å². The van der Waals surface area contributed by atoms with Gasteiger partial charge in [0.15, 0.2) is 0 Å². The summed E-state index contributed by atoms with van der Waals surface area (Å²) in [7, 11) is 0. The van der Waals surface area contributed by atoms with Gasteiger partial charge in [-0.2, -0.15) is 0 Å². The van der Waals surface area contributed by atoms with Crippen molar-refractivity contribution in [2.45, 2.75) is 19.9 Å². The van der Waals surface area contributed by atoms with Crippen LogP contribution in [0.15, 0.2) is 0 Å². The predicted octanol–water partition coefficient (Wildman–Crippen LogP) is 0.352. The van der Waals surface area contributed by atoms with E-state index in [4.69, 9.17) is 0 Å². The lowest BCUT2D eigenvalue weighted by Gasteiger charge is -2.28. The number of rotatable bonds is 2. The summed E-state index contributed by atoms with van der Waals surface area (Å²) in [4.78, 5) is 15.9. The van der Waals surface area contributed by atoms with E-state index in [-0.39, 0.29) is 6.03 Å². The van der Waals surface area contributed by atoms with Crippen LogP contribution in [0.25, 0.3) is 0 Å². The summed E-state index contributed by atoms with van der Waals surface area (Å²) in [5, 5.41) is 3.33. The molecule has 0 aromatic heterocycles. The maximum absolute atomic E-state index is 11.9. The van der Waals surface area contributed by atoms with E-state index in [1.807, 2.05) is 9.80 Å². The topological polar surface area (TPSA) is 35.6 Å². The number of hydrogen-bond donors (Lipinski definition) is 1. The fourth-order valence-corrected chi connectivity index (χ4v) is 2.28. The zero-order valence-corrected chi connectivity index (χ0v) is 8.99. The van der Waals surface area contributed by atoms with E-state index >= 15 is 0 Å². The maximum Gasteiger partial charge on any atom is 0.320 e. The molecule has 2 aliphatic rings. The van der Waals surface area contributed by atoms with Crippen LogP contribution in [-0.4, -0.2) is 54.6 Å². The van der Waals surface area contributed by atoms with Gasteiger partial charge in [-0.25, -0.2) is 4.79 Å². The Morgan fingerprint density at radius 2 is 2.36 bits per heavy atom. The molecule has 0 spiro atoms. The van der Waals surface area contributed by atoms with Gasteiger partial charge in [-0.05, 0) is 5.92 Å². The van der Waals surface area contributed by atoms with Crippen LogP contribution in [0.1, 0.15) is 13.8 Å². The van der Waals surface area contributed by atoms with Crippen molar-refractivity contribution < 1.29 is 4.79 Å². The van der Waals surface area contributed by atoms with Gasteiger partial charge in [-0.1, -0.05) is 13.8 Å². The van der Waals surface area contributed by atoms with Crippen molar-refractivity contribution in [3.8, 4) is 0 Å². The summed E-state index contributed by atoms with van der Waals surface area (Å²) in [5.74, 6) is 0.563. The van der Waals surface area contributed by atoms with Crippen LogP contribution in [-0.2, 0) is 0 Å². The van der Waals surface area contributed by atoms with Gasteiger partial charge >= 0.3 is 6.03 Å². The molecular weight excluding hydrogens is 178 g/mol. The molecular formula is C10H19N3O. The molecule has 1 atom stereocenters. The van der Waals surface area contributed by atoms with Crippen molar-refractivity contribution >= 4 is 6.03 Å². The van der Waals surface area contributed by atoms with E-state index in [9.17, 15) is 4.79 Å². The molecule has 0 saturated carbocycles. The molecule has 2 aliphatic heterocycles. The molecule has 0 aliphatic carbocycles. The summed E-state index contributed by atoms with van der Waals surface area (Å²) in [6, 6.07) is 0.653. The number of hydrogen-bond acceptors (Lipinski definition) is 2. The lowest BCUT2D eigenvalue weighted by atomic mass is 10.2. The van der Waals surface area contributed by atoms with Crippen molar-refractivity contribution in [1.82, 2.24) is 15.1 Å². The van der Waals surface area contributed by atoms with Crippen LogP contribution in [0, 0.1) is 5.92 Å². The second kappa shape index (κ2) is 3.77. The van der Waals surface area contributed by atoms with Crippen LogP contribution in [0.3, 0.4) is 0 Å². The molecule has 2 heterocycles. The Balaban J connectivity index is 1.99. The number of carbonyl (C=O) groups excluding carboxylic acids is 1. The van der Waals surface area contributed by atoms with Crippen molar-refractivity contribution in [2.24, 2.45) is 5.92 Å². The molecule has 1 unspecified atom stereocenters. The maximum atomic E-state index is 11.9. The second-order valence-corrected chi connectivity index (χ2v) is 4.63. The lowest BCUT2D eigenvalue weighted by Crippen LogP contribution is -2.49. The molecule has 2 amide bonds. The molecule has 2 fully saturated rings. The summed E-state index contributed by atoms with van der Waals surface area (Å²) < 4.78 is 0. The average Bonchev–Trinajstić information content (AvgIpc) is 2.44. The minimum absolute atomic E-state index is 0.241. The summed E-state index contributed by atoms with van der Waals surface area (Å²) in [5.41, 5.74) is 0. The quantitative estimate of drug-likeness (QED) is 0.693. The van der Waals surface area contributed by atoms with E-state index in [2.05, 4.69) is 19.2 Å². The molecule has 2 rings (SSSR count). The first-order valence-corrected chi connectivity index (χ1v) is 5.44. The molecule has 4 nitrogen and oxygen atoms in total. The highest BCUT2D eigenvalue weighted by atomic mass is 16.2. The molecule has 0 aromatic rings. The fraction of sp³-hybridized carbons (Fsp3) is 0.900. The van der Waals surface area contributed by atoms with Gasteiger partial charge < -0.3 is 15.1 Å². The van der Waals surface area contributed by atoms with E-state index < -0.39 is 0 Å². The monoisotopic (exact) mass is 197 g/mol. The first kappa shape index (κ1) is 9.77. The average molecular weight is 197 g/mol. The summed E-state index contributed by atoms with van der Waals surface area (Å²) >= 11 is 0. The number of fused-ring (bicyclic) bond motifs is 1. The zero-order chi connectivity index (χ0) is 10.1. The molecule has 14 heavy (non-hydrogen) atoms. The smallest absolute Gasteiger partial charge is 0.320 e. The number of piperazine rings is 1. The van der Waals surface area contributed by atoms with Crippen LogP contribution < -0.4 is 5.32 Å². The highest BCUT2D eigenvalue weighted by molar-refractivity contribution is 5.77. The second-order valence-electron chi connectivity index (χ2n) is 4.63. The molecule has 0 radical (unpaired) electrons. The molecule has 80 valence electrons. The predicted molar refractivity (Wildman–Crippen MR) is 55.2 cm³/mol. The number of nitrogens with one attached hydrogen (secondary N) is 1. The number of carbonyl (C=O) groups is 1. The lowest BCUT2D eigenvalue weighted by molar-refractivity contribution is 0.177. The van der Waals surface area contributed by atoms with Crippen LogP contribution in [0.4, 0.5) is 4.79 Å². The Labute approximate surface area is 85.2 Å². The van der Waals surface area contributed by atoms with E-state index in [0.717, 1.165) is 32.7 Å². The van der Waals surface area contributed by atoms with Gasteiger partial charge in [-0.3, -0.25) is 0 Å². The summed E-state index contributed by atoms with van der Waals surface area (Å²) in [6.45, 7) is 8.89. The van der Waals surface area contributed by atoms with Crippen molar-refractivity contribution in [1.29, 1.82) is 0 Å². The first-order valence-electron chi connectivity index (χ1n) is 5.44. The molecule has 2 saturated heterocycles. The Morgan fingerprint density at radius 1 is 1.57 bits per heavy atom. The van der Waals surface area contributed by atoms with Crippen molar-refractivity contribution in [2.75, 3.05) is 32.7 Å². The Kier molecular flexibility index (Phi) is 2.63. The van der Waals surface area contributed by atoms with Gasteiger partial charge in [0.2, 0.25) is 0 Å². The third-order valence-electron chi connectivity index (χ3n) is 2.88. The molecule has 1 N–H and O–H groups in total. The van der Waals surface area contributed by atoms with E-state index in [1.165, 1.54) is 0 Å². The van der Waals surface area contributed by atoms with Crippen molar-refractivity contribution in [3.05, 3.63) is 0 Å². The standard InChI is InChI=1S/C10H19N3O/c1-8(2)6-12-7-9-5-11-3-4-13(9)10(12)14/h8-9,11H,3-7H2,1-2H3. The third-order valence-corrected chi connectivity index (χ3v) is 2.88. The minimum atomic E-state index is 0.241. The van der Waals surface area contributed by atoms with Crippen LogP contribution in [0.5, 0.6) is 0 Å². The highest BCUT2D eigenvalue weighted by Crippen LogP contribution is 2.18. The highest BCUT2D eigenvalue weighted by Gasteiger charge is 2.38. The SMILES string of the molecule is CC(C)CN1CC2CNCCN2C1=O. The third kappa shape index (κ3) is 1.71. The number of amides is 2. The largest absolute Gasteiger partial charge is 0.322 e. The normalized spacial score (nSPS) is 27.4. The molecule has 4 heteroatoms. The van der Waals surface area contributed by atoms with Gasteiger partial charge in [0.1, 0.15) is 0 Å². The van der Waals surface area contributed by atoms with E-state index in [0.29, 0.717) is 12.0 Å². The van der Waals surface area contributed by atoms with Gasteiger partial charge in [0.25, 0.3) is 0 Å². The van der Waals surface area contributed by atoms with Gasteiger partial charge in [0, 0.05) is 32.7 Å². The Morgan fingerprint density at radius 3 is 3.00 bits per heavy atom. The summed E-state index contributed by atoms with van der Waals surface area (Å²) in [6.07, 6.45) is 0. The Hall–Kier alpha value is -0.770. The Bertz CT molecular complexity index is 229. The molecule has 0 aromatic carbocycles. The van der Waals surface area contributed by atoms with Gasteiger partial charge in [0.05, 0.1) is 6.04 Å². The minimum Gasteiger partial charge on any atom is -0.322 e. The molecule has 0 bridgehead atoms. The zero-order valence-electron chi connectivity index (χ0n) is 8.99. The first-order chi connectivity index (χ1) is 6.68. The van der Waals surface area contributed by atoms with Gasteiger partial charge in [-0.15, -0.1) is 0 Å². The van der Waals surface area contributed by atoms with Crippen LogP contribution >= 0.6 is 0 Å². The fourth-order valence-electron chi connectivity index (χ4n) is 2.28. The number of nitrogens with zero attached hydrogens (tertiary/aromatic N) is 2. The van der Waals surface area contributed by atoms with Crippen LogP contribution in [0.2, 0.25) is 0 Å².